The van der Waals surface area contributed by atoms with Crippen LogP contribution >= 0.6 is 25.0 Å². The monoisotopic (exact) mass is 151 g/mol. The molecule has 0 aliphatic rings. The van der Waals surface area contributed by atoms with Crippen LogP contribution in [0.1, 0.15) is 0 Å². The molecule has 0 saturated carbocycles. The molecule has 0 spiro atoms. The third-order valence-electron chi connectivity index (χ3n) is 0.541. The van der Waals surface area contributed by atoms with Crippen LogP contribution in [0.3, 0.4) is 0 Å². The topological polar surface area (TPSA) is 49.3 Å². The Labute approximate surface area is 57.6 Å². The molecule has 0 fully saturated rings. The van der Waals surface area contributed by atoms with Gasteiger partial charge in [0.1, 0.15) is 6.04 Å². The number of carboxylic acids is 1. The molecule has 0 aromatic heterocycles. The van der Waals surface area contributed by atoms with E-state index in [1.165, 1.54) is 0 Å². The van der Waals surface area contributed by atoms with Crippen LogP contribution in [0.5, 0.6) is 0 Å². The summed E-state index contributed by atoms with van der Waals surface area (Å²) < 4.78 is 2.19. The van der Waals surface area contributed by atoms with E-state index in [1.807, 2.05) is 0 Å². The van der Waals surface area contributed by atoms with Crippen molar-refractivity contribution in [2.45, 2.75) is 6.04 Å². The summed E-state index contributed by atoms with van der Waals surface area (Å²) in [4.78, 5) is 9.95. The molecular formula is C3H5NO2S2. The fraction of sp³-hybridized carbons (Fsp3) is 0.333. The second-order valence-corrected chi connectivity index (χ2v) is 1.61. The van der Waals surface area contributed by atoms with E-state index in [0.29, 0.717) is 0 Å². The summed E-state index contributed by atoms with van der Waals surface area (Å²) in [6.07, 6.45) is 0. The second-order valence-electron chi connectivity index (χ2n) is 1.08. The zero-order valence-corrected chi connectivity index (χ0v) is 5.58. The van der Waals surface area contributed by atoms with Gasteiger partial charge < -0.3 is 5.11 Å². The zero-order valence-electron chi connectivity index (χ0n) is 3.87. The number of thiocarbonyl (C=S) groups is 1. The standard InChI is InChI=1S/C3H5NO2S2/c5-3(6)2(1-7)4-8/h1-2,4,8H,(H,5,6)/t2-/m0/s1. The molecule has 5 heteroatoms. The molecule has 8 heavy (non-hydrogen) atoms. The van der Waals surface area contributed by atoms with Gasteiger partial charge in [-0.1, -0.05) is 25.0 Å². The molecule has 0 aliphatic heterocycles. The minimum absolute atomic E-state index is 0.826. The third kappa shape index (κ3) is 2.25. The molecule has 0 unspecified atom stereocenters. The molecule has 0 aromatic carbocycles. The maximum Gasteiger partial charge on any atom is 0.326 e. The van der Waals surface area contributed by atoms with Gasteiger partial charge in [0.25, 0.3) is 0 Å². The van der Waals surface area contributed by atoms with E-state index in [2.05, 4.69) is 29.8 Å². The largest absolute Gasteiger partial charge is 0.480 e. The molecular weight excluding hydrogens is 146 g/mol. The van der Waals surface area contributed by atoms with E-state index in [-0.39, 0.29) is 0 Å². The molecule has 2 N–H and O–H groups in total. The van der Waals surface area contributed by atoms with E-state index in [1.54, 1.807) is 0 Å². The Hall–Kier alpha value is -0.130. The third-order valence-corrected chi connectivity index (χ3v) is 1.09. The molecule has 46 valence electrons. The number of rotatable bonds is 3. The molecule has 0 heterocycles. The molecule has 0 rings (SSSR count). The Morgan fingerprint density at radius 2 is 2.50 bits per heavy atom. The molecule has 0 bridgehead atoms. The van der Waals surface area contributed by atoms with Gasteiger partial charge in [-0.05, 0) is 0 Å². The summed E-state index contributed by atoms with van der Waals surface area (Å²) in [6.45, 7) is 0. The number of hydrogen-bond acceptors (Lipinski definition) is 4. The minimum atomic E-state index is -1.02. The molecule has 0 radical (unpaired) electrons. The lowest BCUT2D eigenvalue weighted by Crippen LogP contribution is -2.31. The van der Waals surface area contributed by atoms with Crippen LogP contribution in [0.15, 0.2) is 0 Å². The maximum absolute atomic E-state index is 9.95. The van der Waals surface area contributed by atoms with Crippen molar-refractivity contribution in [2.75, 3.05) is 0 Å². The first kappa shape index (κ1) is 7.87. The van der Waals surface area contributed by atoms with Gasteiger partial charge in [0, 0.05) is 5.37 Å². The first-order valence-corrected chi connectivity index (χ1v) is 2.72. The van der Waals surface area contributed by atoms with Crippen LogP contribution in [0.4, 0.5) is 0 Å². The highest BCUT2D eigenvalue weighted by molar-refractivity contribution is 7.79. The Bertz CT molecular complexity index is 105. The molecule has 0 amide bonds. The van der Waals surface area contributed by atoms with Gasteiger partial charge in [0.15, 0.2) is 0 Å². The predicted octanol–water partition coefficient (Wildman–Crippen LogP) is -0.126. The number of nitrogens with one attached hydrogen (secondary N) is 1. The fourth-order valence-electron chi connectivity index (χ4n) is 0.144. The van der Waals surface area contributed by atoms with Gasteiger partial charge in [-0.25, -0.2) is 4.72 Å². The summed E-state index contributed by atoms with van der Waals surface area (Å²) in [6, 6.07) is -0.826. The van der Waals surface area contributed by atoms with Crippen molar-refractivity contribution in [3.05, 3.63) is 0 Å². The van der Waals surface area contributed by atoms with Gasteiger partial charge >= 0.3 is 5.97 Å². The number of carboxylic acid groups (broad SMARTS) is 1. The van der Waals surface area contributed by atoms with Crippen LogP contribution in [0, 0.1) is 0 Å². The minimum Gasteiger partial charge on any atom is -0.480 e. The molecule has 3 nitrogen and oxygen atoms in total. The maximum atomic E-state index is 9.95. The van der Waals surface area contributed by atoms with E-state index in [0.717, 1.165) is 5.37 Å². The first-order chi connectivity index (χ1) is 3.72. The van der Waals surface area contributed by atoms with Crippen molar-refractivity contribution in [1.82, 2.24) is 4.72 Å². The van der Waals surface area contributed by atoms with Crippen LogP contribution < -0.4 is 4.72 Å². The Balaban J connectivity index is 3.69. The van der Waals surface area contributed by atoms with Gasteiger partial charge in [-0.15, -0.1) is 0 Å². The van der Waals surface area contributed by atoms with Crippen molar-refractivity contribution >= 4 is 36.4 Å². The van der Waals surface area contributed by atoms with Crippen LogP contribution in [0.2, 0.25) is 0 Å². The summed E-state index contributed by atoms with van der Waals surface area (Å²) in [5.74, 6) is -1.02. The molecule has 0 aliphatic carbocycles. The average molecular weight is 151 g/mol. The van der Waals surface area contributed by atoms with Crippen molar-refractivity contribution in [3.8, 4) is 0 Å². The molecule has 0 saturated heterocycles. The van der Waals surface area contributed by atoms with Crippen molar-refractivity contribution in [3.63, 3.8) is 0 Å². The molecule has 1 atom stereocenters. The normalized spacial score (nSPS) is 12.6. The van der Waals surface area contributed by atoms with Gasteiger partial charge in [-0.2, -0.15) is 0 Å². The van der Waals surface area contributed by atoms with Gasteiger partial charge in [-0.3, -0.25) is 4.79 Å². The van der Waals surface area contributed by atoms with Crippen molar-refractivity contribution < 1.29 is 9.90 Å². The van der Waals surface area contributed by atoms with E-state index < -0.39 is 12.0 Å². The zero-order chi connectivity index (χ0) is 6.57. The van der Waals surface area contributed by atoms with Gasteiger partial charge in [0.2, 0.25) is 0 Å². The highest BCUT2D eigenvalue weighted by Crippen LogP contribution is 1.79. The van der Waals surface area contributed by atoms with Crippen LogP contribution in [-0.2, 0) is 4.79 Å². The van der Waals surface area contributed by atoms with Crippen molar-refractivity contribution in [2.24, 2.45) is 0 Å². The second kappa shape index (κ2) is 3.82. The Morgan fingerprint density at radius 1 is 2.00 bits per heavy atom. The van der Waals surface area contributed by atoms with Crippen molar-refractivity contribution in [1.29, 1.82) is 0 Å². The first-order valence-electron chi connectivity index (χ1n) is 1.80. The summed E-state index contributed by atoms with van der Waals surface area (Å²) >= 11 is 7.84. The Morgan fingerprint density at radius 3 is 2.50 bits per heavy atom. The Kier molecular flexibility index (Phi) is 3.76. The number of thiol groups is 1. The summed E-state index contributed by atoms with van der Waals surface area (Å²) in [7, 11) is 0. The number of aliphatic carboxylic acids is 1. The number of carbonyl (C=O) groups is 1. The lowest BCUT2D eigenvalue weighted by atomic mass is 10.4. The van der Waals surface area contributed by atoms with Crippen LogP contribution in [-0.4, -0.2) is 22.5 Å². The smallest absolute Gasteiger partial charge is 0.326 e. The van der Waals surface area contributed by atoms with E-state index in [9.17, 15) is 4.79 Å². The van der Waals surface area contributed by atoms with Crippen LogP contribution in [0.25, 0.3) is 0 Å². The van der Waals surface area contributed by atoms with E-state index in [4.69, 9.17) is 5.11 Å². The lowest BCUT2D eigenvalue weighted by Gasteiger charge is -1.99. The lowest BCUT2D eigenvalue weighted by molar-refractivity contribution is -0.136. The predicted molar refractivity (Wildman–Crippen MR) is 37.2 cm³/mol. The highest BCUT2D eigenvalue weighted by atomic mass is 32.1. The van der Waals surface area contributed by atoms with Gasteiger partial charge in [0.05, 0.1) is 0 Å². The number of hydrogen-bond donors (Lipinski definition) is 3. The SMILES string of the molecule is O=C(O)[C@H](C=S)NS. The summed E-state index contributed by atoms with van der Waals surface area (Å²) in [5, 5.41) is 9.26. The average Bonchev–Trinajstić information content (AvgIpc) is 1.69. The molecule has 0 aromatic rings. The summed E-state index contributed by atoms with van der Waals surface area (Å²) in [5.41, 5.74) is 0. The highest BCUT2D eigenvalue weighted by Gasteiger charge is 2.09. The quantitative estimate of drug-likeness (QED) is 0.388. The van der Waals surface area contributed by atoms with E-state index >= 15 is 0 Å². The fourth-order valence-corrected chi connectivity index (χ4v) is 0.614.